The summed E-state index contributed by atoms with van der Waals surface area (Å²) >= 11 is 0. The third-order valence-electron chi connectivity index (χ3n) is 4.72. The Morgan fingerprint density at radius 3 is 1.67 bits per heavy atom. The van der Waals surface area contributed by atoms with Gasteiger partial charge >= 0.3 is 0 Å². The molecule has 0 aromatic carbocycles. The van der Waals surface area contributed by atoms with Crippen LogP contribution in [0.25, 0.3) is 0 Å². The highest BCUT2D eigenvalue weighted by Gasteiger charge is 2.27. The van der Waals surface area contributed by atoms with Crippen molar-refractivity contribution in [3.05, 3.63) is 0 Å². The molecule has 1 fully saturated rings. The minimum Gasteiger partial charge on any atom is -0.396 e. The molecule has 1 aliphatic rings. The summed E-state index contributed by atoms with van der Waals surface area (Å²) < 4.78 is 0. The van der Waals surface area contributed by atoms with Gasteiger partial charge in [-0.25, -0.2) is 0 Å². The molecule has 0 spiro atoms. The molecule has 21 heavy (non-hydrogen) atoms. The molecule has 3 heteroatoms. The molecule has 0 aromatic heterocycles. The molecule has 0 radical (unpaired) electrons. The zero-order valence-corrected chi connectivity index (χ0v) is 13.9. The van der Waals surface area contributed by atoms with Crippen molar-refractivity contribution < 1.29 is 10.2 Å². The van der Waals surface area contributed by atoms with Crippen molar-refractivity contribution in [1.29, 1.82) is 0 Å². The van der Waals surface area contributed by atoms with Crippen molar-refractivity contribution in [2.24, 2.45) is 0 Å². The Hall–Kier alpha value is -0.120. The quantitative estimate of drug-likeness (QED) is 0.354. The minimum atomic E-state index is -0.549. The molecule has 1 saturated carbocycles. The van der Waals surface area contributed by atoms with E-state index in [9.17, 15) is 5.11 Å². The predicted molar refractivity (Wildman–Crippen MR) is 89.3 cm³/mol. The van der Waals surface area contributed by atoms with Crippen molar-refractivity contribution >= 4 is 0 Å². The van der Waals surface area contributed by atoms with Crippen molar-refractivity contribution in [2.75, 3.05) is 13.2 Å². The average Bonchev–Trinajstić information content (AvgIpc) is 2.49. The summed E-state index contributed by atoms with van der Waals surface area (Å²) in [5, 5.41) is 22.4. The molecular formula is C18H37NO2. The molecule has 126 valence electrons. The standard InChI is InChI=1S/C18H37NO2/c20-17-13-8-6-4-2-1-3-5-7-12-16-19-18(21)14-10-9-11-15-18/h19-21H,1-17H2. The van der Waals surface area contributed by atoms with E-state index in [1.165, 1.54) is 77.0 Å². The molecule has 1 rings (SSSR count). The Balaban J connectivity index is 1.78. The maximum absolute atomic E-state index is 10.3. The first-order valence-electron chi connectivity index (χ1n) is 9.35. The predicted octanol–water partition coefficient (Wildman–Crippen LogP) is 4.12. The van der Waals surface area contributed by atoms with E-state index in [-0.39, 0.29) is 0 Å². The van der Waals surface area contributed by atoms with Crippen LogP contribution in [0, 0.1) is 0 Å². The molecule has 0 bridgehead atoms. The van der Waals surface area contributed by atoms with Gasteiger partial charge in [0.1, 0.15) is 5.72 Å². The maximum Gasteiger partial charge on any atom is 0.116 e. The summed E-state index contributed by atoms with van der Waals surface area (Å²) in [5.74, 6) is 0. The lowest BCUT2D eigenvalue weighted by Gasteiger charge is -2.33. The van der Waals surface area contributed by atoms with Crippen LogP contribution in [-0.2, 0) is 0 Å². The highest BCUT2D eigenvalue weighted by atomic mass is 16.3. The highest BCUT2D eigenvalue weighted by molar-refractivity contribution is 4.79. The van der Waals surface area contributed by atoms with Gasteiger partial charge in [-0.2, -0.15) is 0 Å². The molecule has 0 saturated heterocycles. The third-order valence-corrected chi connectivity index (χ3v) is 4.72. The second-order valence-electron chi connectivity index (χ2n) is 6.78. The number of aliphatic hydroxyl groups is 2. The number of aliphatic hydroxyl groups excluding tert-OH is 1. The van der Waals surface area contributed by atoms with Crippen LogP contribution >= 0.6 is 0 Å². The second-order valence-corrected chi connectivity index (χ2v) is 6.78. The van der Waals surface area contributed by atoms with Crippen molar-refractivity contribution in [3.8, 4) is 0 Å². The Morgan fingerprint density at radius 1 is 0.667 bits per heavy atom. The third kappa shape index (κ3) is 10.3. The van der Waals surface area contributed by atoms with Crippen LogP contribution in [-0.4, -0.2) is 29.1 Å². The van der Waals surface area contributed by atoms with Gasteiger partial charge < -0.3 is 10.2 Å². The van der Waals surface area contributed by atoms with Gasteiger partial charge in [-0.1, -0.05) is 57.8 Å². The van der Waals surface area contributed by atoms with Crippen LogP contribution in [0.4, 0.5) is 0 Å². The SMILES string of the molecule is OCCCCCCCCCCCCNC1(O)CCCCC1. The van der Waals surface area contributed by atoms with Gasteiger partial charge in [0.15, 0.2) is 0 Å². The molecule has 1 aliphatic carbocycles. The monoisotopic (exact) mass is 299 g/mol. The first-order valence-corrected chi connectivity index (χ1v) is 9.35. The summed E-state index contributed by atoms with van der Waals surface area (Å²) in [6.45, 7) is 1.32. The number of hydrogen-bond acceptors (Lipinski definition) is 3. The number of unbranched alkanes of at least 4 members (excludes halogenated alkanes) is 9. The van der Waals surface area contributed by atoms with Crippen molar-refractivity contribution in [2.45, 2.75) is 102 Å². The number of hydrogen-bond donors (Lipinski definition) is 3. The van der Waals surface area contributed by atoms with E-state index in [0.717, 1.165) is 25.8 Å². The summed E-state index contributed by atoms with van der Waals surface area (Å²) in [6, 6.07) is 0. The summed E-state index contributed by atoms with van der Waals surface area (Å²) in [6.07, 6.45) is 18.1. The van der Waals surface area contributed by atoms with E-state index in [2.05, 4.69) is 5.32 Å². The van der Waals surface area contributed by atoms with Crippen LogP contribution in [0.3, 0.4) is 0 Å². The number of rotatable bonds is 13. The zero-order chi connectivity index (χ0) is 15.2. The molecule has 0 aliphatic heterocycles. The minimum absolute atomic E-state index is 0.350. The van der Waals surface area contributed by atoms with Crippen LogP contribution < -0.4 is 5.32 Å². The van der Waals surface area contributed by atoms with E-state index in [4.69, 9.17) is 5.11 Å². The van der Waals surface area contributed by atoms with Gasteiger partial charge in [0.05, 0.1) is 0 Å². The van der Waals surface area contributed by atoms with Crippen LogP contribution in [0.5, 0.6) is 0 Å². The molecular weight excluding hydrogens is 262 g/mol. The van der Waals surface area contributed by atoms with Crippen molar-refractivity contribution in [3.63, 3.8) is 0 Å². The normalized spacial score (nSPS) is 18.0. The first kappa shape index (κ1) is 18.9. The van der Waals surface area contributed by atoms with E-state index >= 15 is 0 Å². The van der Waals surface area contributed by atoms with E-state index in [0.29, 0.717) is 6.61 Å². The van der Waals surface area contributed by atoms with Gasteiger partial charge in [0.2, 0.25) is 0 Å². The molecule has 0 atom stereocenters. The van der Waals surface area contributed by atoms with E-state index < -0.39 is 5.72 Å². The molecule has 0 aromatic rings. The van der Waals surface area contributed by atoms with E-state index in [1.807, 2.05) is 0 Å². The van der Waals surface area contributed by atoms with Gasteiger partial charge in [-0.15, -0.1) is 0 Å². The molecule has 3 nitrogen and oxygen atoms in total. The Bertz CT molecular complexity index is 227. The molecule has 0 heterocycles. The van der Waals surface area contributed by atoms with Crippen LogP contribution in [0.15, 0.2) is 0 Å². The van der Waals surface area contributed by atoms with Crippen molar-refractivity contribution in [1.82, 2.24) is 5.32 Å². The Morgan fingerprint density at radius 2 is 1.14 bits per heavy atom. The largest absolute Gasteiger partial charge is 0.396 e. The lowest BCUT2D eigenvalue weighted by atomic mass is 9.91. The summed E-state index contributed by atoms with van der Waals surface area (Å²) in [7, 11) is 0. The fraction of sp³-hybridized carbons (Fsp3) is 1.00. The second kappa shape index (κ2) is 12.4. The van der Waals surface area contributed by atoms with Gasteiger partial charge in [-0.3, -0.25) is 5.32 Å². The van der Waals surface area contributed by atoms with Gasteiger partial charge in [-0.05, 0) is 45.1 Å². The Labute approximate surface area is 131 Å². The topological polar surface area (TPSA) is 52.5 Å². The lowest BCUT2D eigenvalue weighted by molar-refractivity contribution is -0.0278. The first-order chi connectivity index (χ1) is 10.3. The van der Waals surface area contributed by atoms with Gasteiger partial charge in [0.25, 0.3) is 0 Å². The summed E-state index contributed by atoms with van der Waals surface area (Å²) in [4.78, 5) is 0. The maximum atomic E-state index is 10.3. The molecule has 3 N–H and O–H groups in total. The molecule has 0 amide bonds. The fourth-order valence-electron chi connectivity index (χ4n) is 3.29. The lowest BCUT2D eigenvalue weighted by Crippen LogP contribution is -2.46. The fourth-order valence-corrected chi connectivity index (χ4v) is 3.29. The molecule has 0 unspecified atom stereocenters. The average molecular weight is 299 g/mol. The summed E-state index contributed by atoms with van der Waals surface area (Å²) in [5.41, 5.74) is -0.549. The van der Waals surface area contributed by atoms with E-state index in [1.54, 1.807) is 0 Å². The Kier molecular flexibility index (Phi) is 11.2. The highest BCUT2D eigenvalue weighted by Crippen LogP contribution is 2.25. The smallest absolute Gasteiger partial charge is 0.116 e. The number of nitrogens with one attached hydrogen (secondary N) is 1. The van der Waals surface area contributed by atoms with Crippen LogP contribution in [0.1, 0.15) is 96.3 Å². The zero-order valence-electron chi connectivity index (χ0n) is 13.9. The van der Waals surface area contributed by atoms with Crippen LogP contribution in [0.2, 0.25) is 0 Å². The van der Waals surface area contributed by atoms with Gasteiger partial charge in [0, 0.05) is 6.61 Å².